The van der Waals surface area contributed by atoms with Gasteiger partial charge in [0.15, 0.2) is 4.34 Å². The summed E-state index contributed by atoms with van der Waals surface area (Å²) in [7, 11) is 0. The number of hydrogen-bond donors (Lipinski definition) is 2. The lowest BCUT2D eigenvalue weighted by atomic mass is 10.2. The van der Waals surface area contributed by atoms with Crippen LogP contribution in [0.5, 0.6) is 0 Å². The largest absolute Gasteiger partial charge is 0.300 e. The third-order valence-electron chi connectivity index (χ3n) is 2.33. The minimum Gasteiger partial charge on any atom is -0.300 e. The summed E-state index contributed by atoms with van der Waals surface area (Å²) in [4.78, 5) is 11.7. The molecule has 2 rings (SSSR count). The number of nitrogens with zero attached hydrogens (tertiary/aromatic N) is 2. The Kier molecular flexibility index (Phi) is 5.90. The van der Waals surface area contributed by atoms with Gasteiger partial charge in [-0.3, -0.25) is 15.4 Å². The molecule has 1 aromatic rings. The van der Waals surface area contributed by atoms with E-state index in [9.17, 15) is 13.6 Å². The van der Waals surface area contributed by atoms with Crippen molar-refractivity contribution in [2.45, 2.75) is 29.6 Å². The Morgan fingerprint density at radius 1 is 1.63 bits per heavy atom. The van der Waals surface area contributed by atoms with Crippen molar-refractivity contribution in [3.8, 4) is 0 Å². The summed E-state index contributed by atoms with van der Waals surface area (Å²) in [5.74, 6) is -2.44. The number of thioether (sulfide) groups is 1. The smallest absolute Gasteiger partial charge is 0.262 e. The molecule has 0 saturated carbocycles. The standard InChI is InChI=1S/C9H12F2N4OS2.ClH/c1-2-17-8-15-14-7(18-8)13-6(16)5-3-9(10,11)4-12-5;/h5,12H,2-4H2,1H3,(H,13,14,16);1H. The van der Waals surface area contributed by atoms with Gasteiger partial charge in [0, 0.05) is 6.42 Å². The predicted molar refractivity (Wildman–Crippen MR) is 73.5 cm³/mol. The summed E-state index contributed by atoms with van der Waals surface area (Å²) in [5, 5.41) is 13.0. The molecule has 0 aliphatic carbocycles. The van der Waals surface area contributed by atoms with E-state index in [2.05, 4.69) is 20.8 Å². The van der Waals surface area contributed by atoms with E-state index < -0.39 is 30.8 Å². The SMILES string of the molecule is CCSc1nnc(NC(=O)C2CC(F)(F)CN2)s1.Cl. The number of rotatable bonds is 4. The van der Waals surface area contributed by atoms with Crippen molar-refractivity contribution in [1.29, 1.82) is 0 Å². The highest BCUT2D eigenvalue weighted by molar-refractivity contribution is 8.01. The molecular weight excluding hydrogens is 318 g/mol. The molecule has 10 heteroatoms. The number of nitrogens with one attached hydrogen (secondary N) is 2. The number of carbonyl (C=O) groups excluding carboxylic acids is 1. The zero-order valence-electron chi connectivity index (χ0n) is 9.98. The number of hydrogen-bond acceptors (Lipinski definition) is 6. The van der Waals surface area contributed by atoms with Crippen LogP contribution in [-0.2, 0) is 4.79 Å². The highest BCUT2D eigenvalue weighted by Gasteiger charge is 2.42. The Bertz CT molecular complexity index is 446. The molecule has 1 aromatic heterocycles. The lowest BCUT2D eigenvalue weighted by Crippen LogP contribution is -2.35. The van der Waals surface area contributed by atoms with Gasteiger partial charge in [0.2, 0.25) is 11.0 Å². The molecule has 2 heterocycles. The zero-order chi connectivity index (χ0) is 13.2. The Labute approximate surface area is 123 Å². The van der Waals surface area contributed by atoms with Crippen molar-refractivity contribution in [2.24, 2.45) is 0 Å². The number of amides is 1. The molecule has 1 aliphatic rings. The van der Waals surface area contributed by atoms with Crippen LogP contribution in [0.4, 0.5) is 13.9 Å². The fourth-order valence-electron chi connectivity index (χ4n) is 1.54. The molecule has 1 atom stereocenters. The first-order valence-electron chi connectivity index (χ1n) is 5.38. The number of aromatic nitrogens is 2. The highest BCUT2D eigenvalue weighted by atomic mass is 35.5. The topological polar surface area (TPSA) is 66.9 Å². The van der Waals surface area contributed by atoms with Gasteiger partial charge in [-0.05, 0) is 5.75 Å². The Morgan fingerprint density at radius 2 is 2.37 bits per heavy atom. The van der Waals surface area contributed by atoms with Gasteiger partial charge in [0.25, 0.3) is 5.92 Å². The first kappa shape index (κ1) is 16.5. The predicted octanol–water partition coefficient (Wildman–Crippen LogP) is 2.01. The molecule has 1 fully saturated rings. The van der Waals surface area contributed by atoms with E-state index in [1.54, 1.807) is 0 Å². The van der Waals surface area contributed by atoms with Gasteiger partial charge in [-0.15, -0.1) is 22.6 Å². The van der Waals surface area contributed by atoms with Crippen LogP contribution in [0, 0.1) is 0 Å². The molecule has 0 bridgehead atoms. The van der Waals surface area contributed by atoms with E-state index in [0.29, 0.717) is 5.13 Å². The van der Waals surface area contributed by atoms with E-state index in [1.165, 1.54) is 23.1 Å². The summed E-state index contributed by atoms with van der Waals surface area (Å²) >= 11 is 2.75. The van der Waals surface area contributed by atoms with E-state index >= 15 is 0 Å². The molecule has 2 N–H and O–H groups in total. The summed E-state index contributed by atoms with van der Waals surface area (Å²) in [6.07, 6.45) is -0.478. The maximum atomic E-state index is 12.9. The van der Waals surface area contributed by atoms with Crippen molar-refractivity contribution in [3.05, 3.63) is 0 Å². The Morgan fingerprint density at radius 3 is 2.95 bits per heavy atom. The van der Waals surface area contributed by atoms with Gasteiger partial charge < -0.3 is 0 Å². The van der Waals surface area contributed by atoms with Crippen LogP contribution in [-0.4, -0.2) is 40.4 Å². The maximum absolute atomic E-state index is 12.9. The first-order chi connectivity index (χ1) is 8.50. The molecule has 0 aromatic carbocycles. The van der Waals surface area contributed by atoms with Gasteiger partial charge in [-0.25, -0.2) is 8.78 Å². The first-order valence-corrected chi connectivity index (χ1v) is 7.19. The second-order valence-electron chi connectivity index (χ2n) is 3.79. The summed E-state index contributed by atoms with van der Waals surface area (Å²) < 4.78 is 26.6. The zero-order valence-corrected chi connectivity index (χ0v) is 12.4. The Hall–Kier alpha value is -0.510. The minimum atomic E-state index is -2.81. The molecule has 1 amide bonds. The van der Waals surface area contributed by atoms with Crippen LogP contribution in [0.3, 0.4) is 0 Å². The number of carbonyl (C=O) groups is 1. The van der Waals surface area contributed by atoms with Crippen LogP contribution in [0.25, 0.3) is 0 Å². The fourth-order valence-corrected chi connectivity index (χ4v) is 3.19. The molecule has 1 saturated heterocycles. The van der Waals surface area contributed by atoms with Crippen molar-refractivity contribution >= 4 is 46.5 Å². The van der Waals surface area contributed by atoms with Crippen LogP contribution in [0.1, 0.15) is 13.3 Å². The van der Waals surface area contributed by atoms with Gasteiger partial charge >= 0.3 is 0 Å². The highest BCUT2D eigenvalue weighted by Crippen LogP contribution is 2.27. The van der Waals surface area contributed by atoms with E-state index in [1.807, 2.05) is 6.92 Å². The quantitative estimate of drug-likeness (QED) is 0.653. The monoisotopic (exact) mass is 330 g/mol. The Balaban J connectivity index is 0.00000180. The molecule has 0 spiro atoms. The number of halogens is 3. The van der Waals surface area contributed by atoms with Gasteiger partial charge in [-0.1, -0.05) is 30.0 Å². The summed E-state index contributed by atoms with van der Waals surface area (Å²) in [6.45, 7) is 1.52. The third-order valence-corrected chi connectivity index (χ3v) is 4.18. The normalized spacial score (nSPS) is 20.9. The van der Waals surface area contributed by atoms with Crippen LogP contribution in [0.2, 0.25) is 0 Å². The van der Waals surface area contributed by atoms with Crippen molar-refractivity contribution in [3.63, 3.8) is 0 Å². The second kappa shape index (κ2) is 6.78. The average Bonchev–Trinajstić information content (AvgIpc) is 2.86. The van der Waals surface area contributed by atoms with Crippen molar-refractivity contribution in [1.82, 2.24) is 15.5 Å². The molecule has 1 aliphatic heterocycles. The van der Waals surface area contributed by atoms with Crippen LogP contribution >= 0.6 is 35.5 Å². The van der Waals surface area contributed by atoms with Crippen molar-refractivity contribution in [2.75, 3.05) is 17.6 Å². The third kappa shape index (κ3) is 4.51. The van der Waals surface area contributed by atoms with Crippen LogP contribution in [0.15, 0.2) is 4.34 Å². The average molecular weight is 331 g/mol. The molecule has 1 unspecified atom stereocenters. The summed E-state index contributed by atoms with van der Waals surface area (Å²) in [6, 6.07) is -0.869. The second-order valence-corrected chi connectivity index (χ2v) is 6.28. The fraction of sp³-hybridized carbons (Fsp3) is 0.667. The lowest BCUT2D eigenvalue weighted by Gasteiger charge is -2.08. The molecular formula is C9H13ClF2N4OS2. The number of alkyl halides is 2. The van der Waals surface area contributed by atoms with Gasteiger partial charge in [0.1, 0.15) is 0 Å². The van der Waals surface area contributed by atoms with Gasteiger partial charge in [-0.2, -0.15) is 0 Å². The van der Waals surface area contributed by atoms with E-state index in [-0.39, 0.29) is 12.4 Å². The number of anilines is 1. The maximum Gasteiger partial charge on any atom is 0.262 e. The van der Waals surface area contributed by atoms with Gasteiger partial charge in [0.05, 0.1) is 12.6 Å². The lowest BCUT2D eigenvalue weighted by molar-refractivity contribution is -0.118. The molecule has 5 nitrogen and oxygen atoms in total. The summed E-state index contributed by atoms with van der Waals surface area (Å²) in [5.41, 5.74) is 0. The minimum absolute atomic E-state index is 0. The van der Waals surface area contributed by atoms with E-state index in [0.717, 1.165) is 10.1 Å². The van der Waals surface area contributed by atoms with E-state index in [4.69, 9.17) is 0 Å². The molecule has 0 radical (unpaired) electrons. The molecule has 108 valence electrons. The van der Waals surface area contributed by atoms with Crippen LogP contribution < -0.4 is 10.6 Å². The van der Waals surface area contributed by atoms with Crippen molar-refractivity contribution < 1.29 is 13.6 Å². The molecule has 19 heavy (non-hydrogen) atoms.